The van der Waals surface area contributed by atoms with Gasteiger partial charge in [0.1, 0.15) is 22.2 Å². The minimum absolute atomic E-state index is 0.0459. The molecule has 0 saturated heterocycles. The summed E-state index contributed by atoms with van der Waals surface area (Å²) in [5.74, 6) is 2.78. The lowest BCUT2D eigenvalue weighted by Crippen LogP contribution is -2.05. The van der Waals surface area contributed by atoms with E-state index in [1.165, 1.54) is 4.88 Å². The number of furan rings is 1. The van der Waals surface area contributed by atoms with Gasteiger partial charge in [0, 0.05) is 11.4 Å². The number of allylic oxidation sites excluding steroid dienone is 1. The van der Waals surface area contributed by atoms with Gasteiger partial charge < -0.3 is 10.2 Å². The number of nitrogens with zero attached hydrogens (tertiary/aromatic N) is 5. The summed E-state index contributed by atoms with van der Waals surface area (Å²) >= 11 is 3.20. The molecule has 0 radical (unpaired) electrons. The lowest BCUT2D eigenvalue weighted by atomic mass is 10.2. The molecule has 4 heterocycles. The molecule has 1 unspecified atom stereocenters. The van der Waals surface area contributed by atoms with E-state index in [-0.39, 0.29) is 5.25 Å². The van der Waals surface area contributed by atoms with Crippen LogP contribution < -0.4 is 5.73 Å². The number of nitrogen functional groups attached to an aromatic ring is 1. The van der Waals surface area contributed by atoms with E-state index < -0.39 is 0 Å². The van der Waals surface area contributed by atoms with E-state index in [1.807, 2.05) is 30.6 Å². The normalized spacial score (nSPS) is 12.6. The zero-order valence-corrected chi connectivity index (χ0v) is 18.4. The van der Waals surface area contributed by atoms with Crippen molar-refractivity contribution in [2.75, 3.05) is 5.73 Å². The SMILES string of the molecule is C=CCn1c(SC(C)c2nc(N)c3c(C)c(C)sc3n2)nnc1-c1ccoc1C. The smallest absolute Gasteiger partial charge is 0.192 e. The van der Waals surface area contributed by atoms with Gasteiger partial charge in [-0.2, -0.15) is 0 Å². The second-order valence-electron chi connectivity index (χ2n) is 6.79. The predicted molar refractivity (Wildman–Crippen MR) is 118 cm³/mol. The summed E-state index contributed by atoms with van der Waals surface area (Å²) in [6.07, 6.45) is 3.48. The van der Waals surface area contributed by atoms with Gasteiger partial charge in [-0.25, -0.2) is 9.97 Å². The molecule has 0 fully saturated rings. The molecule has 4 aromatic heterocycles. The summed E-state index contributed by atoms with van der Waals surface area (Å²) in [5, 5.41) is 10.5. The molecule has 0 aromatic carbocycles. The molecule has 2 N–H and O–H groups in total. The molecule has 0 aliphatic heterocycles. The molecule has 9 heteroatoms. The Balaban J connectivity index is 1.69. The first-order valence-electron chi connectivity index (χ1n) is 9.19. The summed E-state index contributed by atoms with van der Waals surface area (Å²) in [6.45, 7) is 12.6. The monoisotopic (exact) mass is 426 g/mol. The number of fused-ring (bicyclic) bond motifs is 1. The first-order chi connectivity index (χ1) is 13.9. The van der Waals surface area contributed by atoms with Gasteiger partial charge in [0.15, 0.2) is 11.0 Å². The van der Waals surface area contributed by atoms with E-state index in [9.17, 15) is 0 Å². The van der Waals surface area contributed by atoms with E-state index in [2.05, 4.69) is 35.6 Å². The second kappa shape index (κ2) is 7.64. The Morgan fingerprint density at radius 2 is 2.10 bits per heavy atom. The number of aromatic nitrogens is 5. The first-order valence-corrected chi connectivity index (χ1v) is 10.9. The molecule has 29 heavy (non-hydrogen) atoms. The van der Waals surface area contributed by atoms with Crippen LogP contribution in [0.15, 0.2) is 34.6 Å². The summed E-state index contributed by atoms with van der Waals surface area (Å²) < 4.78 is 7.45. The van der Waals surface area contributed by atoms with Crippen molar-refractivity contribution in [2.45, 2.75) is 44.6 Å². The number of hydrogen-bond acceptors (Lipinski definition) is 8. The Kier molecular flexibility index (Phi) is 5.18. The molecule has 0 bridgehead atoms. The summed E-state index contributed by atoms with van der Waals surface area (Å²) in [4.78, 5) is 11.5. The van der Waals surface area contributed by atoms with Crippen molar-refractivity contribution in [1.82, 2.24) is 24.7 Å². The highest BCUT2D eigenvalue weighted by atomic mass is 32.2. The largest absolute Gasteiger partial charge is 0.469 e. The van der Waals surface area contributed by atoms with Gasteiger partial charge in [0.25, 0.3) is 0 Å². The molecule has 4 aromatic rings. The number of thioether (sulfide) groups is 1. The summed E-state index contributed by atoms with van der Waals surface area (Å²) in [6, 6.07) is 1.90. The molecular weight excluding hydrogens is 404 g/mol. The van der Waals surface area contributed by atoms with Crippen LogP contribution in [0.3, 0.4) is 0 Å². The number of thiophene rings is 1. The van der Waals surface area contributed by atoms with Crippen LogP contribution in [0.4, 0.5) is 5.82 Å². The standard InChI is InChI=1S/C20H22N6OS2/c1-6-8-26-18(14-7-9-27-11(14)3)24-25-20(26)29-13(5)17-22-16(21)15-10(2)12(4)28-19(15)23-17/h6-7,9,13H,1,8H2,2-5H3,(H2,21,22,23). The van der Waals surface area contributed by atoms with Crippen LogP contribution in [0.25, 0.3) is 21.6 Å². The van der Waals surface area contributed by atoms with Crippen molar-refractivity contribution in [3.63, 3.8) is 0 Å². The van der Waals surface area contributed by atoms with Crippen LogP contribution in [0.5, 0.6) is 0 Å². The van der Waals surface area contributed by atoms with Crippen molar-refractivity contribution >= 4 is 39.1 Å². The highest BCUT2D eigenvalue weighted by molar-refractivity contribution is 7.99. The Bertz CT molecular complexity index is 1210. The summed E-state index contributed by atoms with van der Waals surface area (Å²) in [5.41, 5.74) is 8.33. The fourth-order valence-corrected chi connectivity index (χ4v) is 5.12. The fourth-order valence-electron chi connectivity index (χ4n) is 3.18. The third-order valence-electron chi connectivity index (χ3n) is 4.85. The van der Waals surface area contributed by atoms with E-state index in [4.69, 9.17) is 15.1 Å². The number of nitrogens with two attached hydrogens (primary N) is 1. The molecule has 150 valence electrons. The van der Waals surface area contributed by atoms with Gasteiger partial charge in [0.05, 0.1) is 22.5 Å². The number of rotatable bonds is 6. The van der Waals surface area contributed by atoms with Crippen molar-refractivity contribution < 1.29 is 4.42 Å². The van der Waals surface area contributed by atoms with Gasteiger partial charge >= 0.3 is 0 Å². The Labute approximate surface area is 177 Å². The van der Waals surface area contributed by atoms with Gasteiger partial charge in [0.2, 0.25) is 0 Å². The van der Waals surface area contributed by atoms with E-state index in [1.54, 1.807) is 29.4 Å². The molecule has 0 spiro atoms. The predicted octanol–water partition coefficient (Wildman–Crippen LogP) is 5.09. The summed E-state index contributed by atoms with van der Waals surface area (Å²) in [7, 11) is 0. The average molecular weight is 427 g/mol. The van der Waals surface area contributed by atoms with E-state index in [0.29, 0.717) is 18.2 Å². The maximum Gasteiger partial charge on any atom is 0.192 e. The lowest BCUT2D eigenvalue weighted by Gasteiger charge is -2.12. The Morgan fingerprint density at radius 3 is 2.79 bits per heavy atom. The first kappa shape index (κ1) is 19.7. The minimum atomic E-state index is -0.0459. The average Bonchev–Trinajstić information content (AvgIpc) is 3.34. The minimum Gasteiger partial charge on any atom is -0.469 e. The van der Waals surface area contributed by atoms with Gasteiger partial charge in [-0.15, -0.1) is 28.1 Å². The van der Waals surface area contributed by atoms with Crippen molar-refractivity contribution in [3.8, 4) is 11.4 Å². The van der Waals surface area contributed by atoms with Crippen molar-refractivity contribution in [1.29, 1.82) is 0 Å². The van der Waals surface area contributed by atoms with Crippen LogP contribution >= 0.6 is 23.1 Å². The molecule has 0 saturated carbocycles. The molecule has 4 rings (SSSR count). The quantitative estimate of drug-likeness (QED) is 0.339. The zero-order chi connectivity index (χ0) is 20.7. The Morgan fingerprint density at radius 1 is 1.31 bits per heavy atom. The van der Waals surface area contributed by atoms with Crippen LogP contribution in [0.1, 0.15) is 34.2 Å². The van der Waals surface area contributed by atoms with Crippen molar-refractivity contribution in [2.24, 2.45) is 0 Å². The zero-order valence-electron chi connectivity index (χ0n) is 16.8. The van der Waals surface area contributed by atoms with E-state index >= 15 is 0 Å². The molecule has 7 nitrogen and oxygen atoms in total. The molecule has 0 aliphatic carbocycles. The lowest BCUT2D eigenvalue weighted by molar-refractivity contribution is 0.534. The number of aryl methyl sites for hydroxylation is 3. The highest BCUT2D eigenvalue weighted by Gasteiger charge is 2.22. The van der Waals surface area contributed by atoms with Crippen LogP contribution in [-0.4, -0.2) is 24.7 Å². The van der Waals surface area contributed by atoms with Gasteiger partial charge in [-0.05, 0) is 39.3 Å². The highest BCUT2D eigenvalue weighted by Crippen LogP contribution is 2.38. The third-order valence-corrected chi connectivity index (χ3v) is 7.03. The van der Waals surface area contributed by atoms with Gasteiger partial charge in [-0.3, -0.25) is 4.57 Å². The van der Waals surface area contributed by atoms with Crippen LogP contribution in [0, 0.1) is 20.8 Å². The number of anilines is 1. The second-order valence-corrected chi connectivity index (χ2v) is 9.30. The molecular formula is C20H22N6OS2. The molecule has 1 atom stereocenters. The Hall–Kier alpha value is -2.65. The van der Waals surface area contributed by atoms with Gasteiger partial charge in [-0.1, -0.05) is 17.8 Å². The van der Waals surface area contributed by atoms with Crippen LogP contribution in [0.2, 0.25) is 0 Å². The van der Waals surface area contributed by atoms with E-state index in [0.717, 1.165) is 38.1 Å². The maximum atomic E-state index is 6.25. The maximum absolute atomic E-state index is 6.25. The van der Waals surface area contributed by atoms with Crippen LogP contribution in [-0.2, 0) is 6.54 Å². The fraction of sp³-hybridized carbons (Fsp3) is 0.300. The molecule has 0 amide bonds. The van der Waals surface area contributed by atoms with Crippen molar-refractivity contribution in [3.05, 3.63) is 47.0 Å². The molecule has 0 aliphatic rings. The number of hydrogen-bond donors (Lipinski definition) is 1. The third kappa shape index (κ3) is 3.44. The topological polar surface area (TPSA) is 95.7 Å².